The van der Waals surface area contributed by atoms with Gasteiger partial charge in [-0.25, -0.2) is 0 Å². The van der Waals surface area contributed by atoms with Crippen LogP contribution in [0, 0.1) is 0 Å². The second-order valence-electron chi connectivity index (χ2n) is 8.59. The molecule has 0 bridgehead atoms. The average Bonchev–Trinajstić information content (AvgIpc) is 3.17. The molecule has 3 N–H and O–H groups in total. The molecule has 29 heavy (non-hydrogen) atoms. The van der Waals surface area contributed by atoms with Crippen molar-refractivity contribution in [1.82, 2.24) is 4.98 Å². The quantitative estimate of drug-likeness (QED) is 0.475. The molecule has 1 aromatic heterocycles. The van der Waals surface area contributed by atoms with Gasteiger partial charge in [0, 0.05) is 46.1 Å². The minimum Gasteiger partial charge on any atom is -0.374 e. The van der Waals surface area contributed by atoms with Crippen molar-refractivity contribution in [1.29, 1.82) is 0 Å². The second kappa shape index (κ2) is 6.50. The van der Waals surface area contributed by atoms with Gasteiger partial charge in [-0.2, -0.15) is 0 Å². The molecule has 1 fully saturated rings. The lowest BCUT2D eigenvalue weighted by Gasteiger charge is -2.44. The van der Waals surface area contributed by atoms with E-state index in [0.717, 1.165) is 19.4 Å². The van der Waals surface area contributed by atoms with Gasteiger partial charge in [-0.05, 0) is 12.1 Å². The number of quaternary nitrogens is 1. The number of para-hydroxylation sites is 2. The van der Waals surface area contributed by atoms with Crippen LogP contribution in [-0.4, -0.2) is 18.1 Å². The molecule has 3 heteroatoms. The molecule has 2 aliphatic rings. The van der Waals surface area contributed by atoms with Gasteiger partial charge in [-0.1, -0.05) is 66.7 Å². The van der Waals surface area contributed by atoms with Gasteiger partial charge in [0.25, 0.3) is 0 Å². The van der Waals surface area contributed by atoms with Crippen molar-refractivity contribution in [3.8, 4) is 11.3 Å². The highest BCUT2D eigenvalue weighted by molar-refractivity contribution is 5.97. The minimum absolute atomic E-state index is 0.0173. The highest BCUT2D eigenvalue weighted by Crippen LogP contribution is 2.49. The Morgan fingerprint density at radius 3 is 2.38 bits per heavy atom. The van der Waals surface area contributed by atoms with Crippen LogP contribution in [0.4, 0.5) is 5.69 Å². The number of H-pyrrole nitrogens is 1. The number of rotatable bonds is 2. The Labute approximate surface area is 171 Å². The molecule has 4 aromatic rings. The zero-order chi connectivity index (χ0) is 19.3. The van der Waals surface area contributed by atoms with Crippen LogP contribution < -0.4 is 10.2 Å². The van der Waals surface area contributed by atoms with E-state index >= 15 is 0 Å². The molecule has 2 aliphatic heterocycles. The Kier molecular flexibility index (Phi) is 3.78. The summed E-state index contributed by atoms with van der Waals surface area (Å²) >= 11 is 0. The largest absolute Gasteiger partial charge is 0.374 e. The van der Waals surface area contributed by atoms with Crippen LogP contribution in [0.5, 0.6) is 0 Å². The van der Waals surface area contributed by atoms with Gasteiger partial charge in [0.15, 0.2) is 0 Å². The summed E-state index contributed by atoms with van der Waals surface area (Å²) in [5.41, 5.74) is 8.05. The van der Waals surface area contributed by atoms with Gasteiger partial charge >= 0.3 is 0 Å². The number of fused-ring (bicyclic) bond motifs is 6. The molecule has 0 unspecified atom stereocenters. The lowest BCUT2D eigenvalue weighted by Crippen LogP contribution is -3.12. The van der Waals surface area contributed by atoms with Crippen LogP contribution in [0.2, 0.25) is 0 Å². The molecule has 0 atom stereocenters. The minimum atomic E-state index is 0.0173. The zero-order valence-electron chi connectivity index (χ0n) is 16.5. The third-order valence-corrected chi connectivity index (χ3v) is 6.86. The predicted molar refractivity (Wildman–Crippen MR) is 119 cm³/mol. The van der Waals surface area contributed by atoms with Crippen LogP contribution in [-0.2, 0) is 12.1 Å². The van der Waals surface area contributed by atoms with Gasteiger partial charge < -0.3 is 15.2 Å². The fourth-order valence-electron chi connectivity index (χ4n) is 5.44. The van der Waals surface area contributed by atoms with E-state index in [1.54, 1.807) is 4.90 Å². The van der Waals surface area contributed by atoms with Gasteiger partial charge in [0.05, 0.1) is 24.3 Å². The van der Waals surface area contributed by atoms with Gasteiger partial charge in [-0.3, -0.25) is 0 Å². The molecular formula is C26H26N3+. The summed E-state index contributed by atoms with van der Waals surface area (Å²) in [4.78, 5) is 5.43. The second-order valence-corrected chi connectivity index (χ2v) is 8.59. The van der Waals surface area contributed by atoms with Crippen LogP contribution in [0.15, 0.2) is 78.9 Å². The molecule has 0 saturated carbocycles. The van der Waals surface area contributed by atoms with E-state index in [2.05, 4.69) is 89.2 Å². The number of hydrogen-bond donors (Lipinski definition) is 3. The zero-order valence-corrected chi connectivity index (χ0v) is 16.5. The third kappa shape index (κ3) is 2.69. The fourth-order valence-corrected chi connectivity index (χ4v) is 5.44. The van der Waals surface area contributed by atoms with E-state index in [9.17, 15) is 0 Å². The number of nitrogens with one attached hydrogen (secondary N) is 3. The van der Waals surface area contributed by atoms with Gasteiger partial charge in [0.1, 0.15) is 6.54 Å². The molecule has 6 rings (SSSR count). The summed E-state index contributed by atoms with van der Waals surface area (Å²) in [5, 5.41) is 5.37. The van der Waals surface area contributed by atoms with Crippen molar-refractivity contribution >= 4 is 16.6 Å². The van der Waals surface area contributed by atoms with Crippen LogP contribution >= 0.6 is 0 Å². The van der Waals surface area contributed by atoms with Crippen molar-refractivity contribution < 1.29 is 4.90 Å². The van der Waals surface area contributed by atoms with E-state index in [1.165, 1.54) is 52.1 Å². The van der Waals surface area contributed by atoms with E-state index in [0.29, 0.717) is 0 Å². The molecule has 1 saturated heterocycles. The van der Waals surface area contributed by atoms with Crippen LogP contribution in [0.1, 0.15) is 24.0 Å². The molecule has 0 amide bonds. The molecule has 1 spiro atoms. The average molecular weight is 381 g/mol. The van der Waals surface area contributed by atoms with Gasteiger partial charge in [-0.15, -0.1) is 0 Å². The third-order valence-electron chi connectivity index (χ3n) is 6.86. The van der Waals surface area contributed by atoms with Crippen molar-refractivity contribution in [2.45, 2.75) is 24.9 Å². The first kappa shape index (κ1) is 16.9. The van der Waals surface area contributed by atoms with Crippen molar-refractivity contribution in [2.75, 3.05) is 18.4 Å². The first-order valence-electron chi connectivity index (χ1n) is 10.7. The number of aromatic amines is 1. The standard InChI is InChI=1S/C26H25N3/c1-2-8-19(9-3-1)18-29-16-14-26(15-17-29)24-20-10-4-6-12-22(20)27-25(24)21-11-5-7-13-23(21)28-26/h1-13,27-28H,14-18H2/p+1. The first-order chi connectivity index (χ1) is 14.3. The summed E-state index contributed by atoms with van der Waals surface area (Å²) in [6.07, 6.45) is 2.30. The molecule has 3 heterocycles. The summed E-state index contributed by atoms with van der Waals surface area (Å²) in [7, 11) is 0. The SMILES string of the molecule is c1ccc(C[NH+]2CCC3(CC2)Nc2ccccc2-c2[nH]c4ccccc4c23)cc1. The number of likely N-dealkylation sites (tertiary alicyclic amines) is 1. The number of hydrogen-bond acceptors (Lipinski definition) is 1. The maximum absolute atomic E-state index is 4.00. The summed E-state index contributed by atoms with van der Waals surface area (Å²) in [6, 6.07) is 28.4. The molecule has 0 aliphatic carbocycles. The number of benzene rings is 3. The van der Waals surface area contributed by atoms with E-state index in [1.807, 2.05) is 0 Å². The smallest absolute Gasteiger partial charge is 0.103 e. The molecule has 3 aromatic carbocycles. The summed E-state index contributed by atoms with van der Waals surface area (Å²) < 4.78 is 0. The van der Waals surface area contributed by atoms with E-state index in [4.69, 9.17) is 0 Å². The van der Waals surface area contributed by atoms with Crippen LogP contribution in [0.25, 0.3) is 22.2 Å². The number of piperidine rings is 1. The summed E-state index contributed by atoms with van der Waals surface area (Å²) in [5.74, 6) is 0. The van der Waals surface area contributed by atoms with Crippen molar-refractivity contribution in [3.63, 3.8) is 0 Å². The predicted octanol–water partition coefficient (Wildman–Crippen LogP) is 4.33. The highest BCUT2D eigenvalue weighted by Gasteiger charge is 2.44. The lowest BCUT2D eigenvalue weighted by molar-refractivity contribution is -0.920. The highest BCUT2D eigenvalue weighted by atomic mass is 15.2. The Morgan fingerprint density at radius 1 is 0.793 bits per heavy atom. The monoisotopic (exact) mass is 380 g/mol. The molecule has 144 valence electrons. The Bertz CT molecular complexity index is 1170. The van der Waals surface area contributed by atoms with E-state index < -0.39 is 0 Å². The Morgan fingerprint density at radius 2 is 1.52 bits per heavy atom. The van der Waals surface area contributed by atoms with Crippen LogP contribution in [0.3, 0.4) is 0 Å². The Hall–Kier alpha value is -3.04. The maximum Gasteiger partial charge on any atom is 0.103 e. The number of anilines is 1. The summed E-state index contributed by atoms with van der Waals surface area (Å²) in [6.45, 7) is 3.49. The molecular weight excluding hydrogens is 354 g/mol. The lowest BCUT2D eigenvalue weighted by atomic mass is 9.75. The van der Waals surface area contributed by atoms with E-state index in [-0.39, 0.29) is 5.54 Å². The topological polar surface area (TPSA) is 32.3 Å². The maximum atomic E-state index is 4.00. The number of aromatic nitrogens is 1. The Balaban J connectivity index is 1.39. The van der Waals surface area contributed by atoms with Crippen molar-refractivity contribution in [2.24, 2.45) is 0 Å². The van der Waals surface area contributed by atoms with Gasteiger partial charge in [0.2, 0.25) is 0 Å². The van der Waals surface area contributed by atoms with Crippen molar-refractivity contribution in [3.05, 3.63) is 90.0 Å². The molecule has 3 nitrogen and oxygen atoms in total. The fraction of sp³-hybridized carbons (Fsp3) is 0.231. The normalized spacial score (nSPS) is 22.8. The molecule has 0 radical (unpaired) electrons. The first-order valence-corrected chi connectivity index (χ1v) is 10.7.